The second-order valence-electron chi connectivity index (χ2n) is 16.1. The fourth-order valence-corrected chi connectivity index (χ4v) is 14.4. The van der Waals surface area contributed by atoms with Gasteiger partial charge in [-0.1, -0.05) is 105 Å². The number of nitrogens with zero attached hydrogens (tertiary/aromatic N) is 2. The summed E-state index contributed by atoms with van der Waals surface area (Å²) in [7, 11) is -3.07. The van der Waals surface area contributed by atoms with Gasteiger partial charge in [-0.15, -0.1) is 11.3 Å². The molecule has 0 unspecified atom stereocenters. The standard InChI is InChI=1S/C47H49ClN2O6SSi/c1-47(2,3)58(36-14-6-4-7-15-36,37-16-8-5-9-17-37)56-30-33-26-38-44(46(55)50(45(38)54)28-35-13-12-24-57-35)39(29-51)43(33)42(53)22-20-32(41-18-10-11-23-49-41)25-31-19-21-34(52)27-40(31)48/h4-19,21,23-25,27,38-39,42,44,51-53H,20,22,26,28-30H2,1-3H3/b32-25-/t38-,39+,42-,44-/m1/s1. The minimum atomic E-state index is -3.07. The van der Waals surface area contributed by atoms with E-state index >= 15 is 0 Å². The number of aliphatic hydroxyl groups is 2. The Kier molecular flexibility index (Phi) is 12.6. The van der Waals surface area contributed by atoms with Gasteiger partial charge in [0.2, 0.25) is 11.8 Å². The molecule has 300 valence electrons. The van der Waals surface area contributed by atoms with E-state index < -0.39 is 38.8 Å². The Morgan fingerprint density at radius 2 is 1.66 bits per heavy atom. The van der Waals surface area contributed by atoms with E-state index in [0.717, 1.165) is 26.4 Å². The summed E-state index contributed by atoms with van der Waals surface area (Å²) < 4.78 is 7.42. The van der Waals surface area contributed by atoms with Gasteiger partial charge in [-0.05, 0) is 105 Å². The number of carbonyl (C=O) groups is 2. The van der Waals surface area contributed by atoms with Crippen LogP contribution >= 0.6 is 22.9 Å². The third kappa shape index (κ3) is 8.27. The van der Waals surface area contributed by atoms with Crippen LogP contribution in [-0.2, 0) is 20.6 Å². The van der Waals surface area contributed by atoms with Crippen LogP contribution in [0.1, 0.15) is 56.2 Å². The van der Waals surface area contributed by atoms with E-state index in [1.165, 1.54) is 22.3 Å². The number of thiophene rings is 1. The van der Waals surface area contributed by atoms with Crippen molar-refractivity contribution in [2.45, 2.75) is 57.7 Å². The SMILES string of the molecule is CC(C)(C)[Si](OCC1=C([C@H](O)CC/C(=C/c2ccc(O)cc2Cl)c2ccccn2)[C@H](CO)[C@@H]2C(=O)N(Cc3cccs3)C(=O)[C@@H]2C1)(c1ccccc1)c1ccccc1. The highest BCUT2D eigenvalue weighted by Gasteiger charge is 2.56. The van der Waals surface area contributed by atoms with Crippen LogP contribution in [0.25, 0.3) is 11.6 Å². The van der Waals surface area contributed by atoms with Crippen LogP contribution in [0.15, 0.2) is 132 Å². The number of allylic oxidation sites excluding steroid dienone is 1. The highest BCUT2D eigenvalue weighted by molar-refractivity contribution is 7.09. The number of likely N-dealkylation sites (tertiary alicyclic amines) is 1. The summed E-state index contributed by atoms with van der Waals surface area (Å²) >= 11 is 8.03. The predicted molar refractivity (Wildman–Crippen MR) is 233 cm³/mol. The van der Waals surface area contributed by atoms with Crippen molar-refractivity contribution in [2.75, 3.05) is 13.2 Å². The Bertz CT molecular complexity index is 2240. The van der Waals surface area contributed by atoms with Crippen molar-refractivity contribution in [3.63, 3.8) is 0 Å². The van der Waals surface area contributed by atoms with Crippen LogP contribution in [0.5, 0.6) is 5.75 Å². The monoisotopic (exact) mass is 832 g/mol. The molecule has 2 aliphatic rings. The molecule has 11 heteroatoms. The number of rotatable bonds is 14. The molecule has 2 amide bonds. The first-order chi connectivity index (χ1) is 27.9. The van der Waals surface area contributed by atoms with Gasteiger partial charge in [0.15, 0.2) is 0 Å². The Balaban J connectivity index is 1.30. The lowest BCUT2D eigenvalue weighted by Gasteiger charge is -2.44. The van der Waals surface area contributed by atoms with Crippen LogP contribution in [-0.4, -0.2) is 64.7 Å². The lowest BCUT2D eigenvalue weighted by molar-refractivity contribution is -0.140. The van der Waals surface area contributed by atoms with E-state index in [9.17, 15) is 24.9 Å². The molecule has 2 aromatic heterocycles. The van der Waals surface area contributed by atoms with E-state index in [0.29, 0.717) is 28.3 Å². The lowest BCUT2D eigenvalue weighted by atomic mass is 9.68. The topological polar surface area (TPSA) is 120 Å². The van der Waals surface area contributed by atoms with Gasteiger partial charge in [-0.25, -0.2) is 0 Å². The number of benzene rings is 3. The largest absolute Gasteiger partial charge is 0.508 e. The molecular formula is C47H49ClN2O6SSi. The minimum absolute atomic E-state index is 0.0521. The summed E-state index contributed by atoms with van der Waals surface area (Å²) in [5.74, 6) is -2.85. The average molecular weight is 834 g/mol. The molecule has 1 aliphatic heterocycles. The molecule has 4 atom stereocenters. The van der Waals surface area contributed by atoms with Crippen molar-refractivity contribution < 1.29 is 29.3 Å². The summed E-state index contributed by atoms with van der Waals surface area (Å²) in [5.41, 5.74) is 3.49. The smallest absolute Gasteiger partial charge is 0.261 e. The first kappa shape index (κ1) is 41.5. The molecular weight excluding hydrogens is 784 g/mol. The summed E-state index contributed by atoms with van der Waals surface area (Å²) in [6.07, 6.45) is 3.33. The Labute approximate surface area is 350 Å². The van der Waals surface area contributed by atoms with Crippen LogP contribution in [0.4, 0.5) is 0 Å². The van der Waals surface area contributed by atoms with Gasteiger partial charge in [-0.2, -0.15) is 0 Å². The first-order valence-corrected chi connectivity index (χ1v) is 22.8. The number of carbonyl (C=O) groups excluding carboxylic acids is 2. The van der Waals surface area contributed by atoms with E-state index in [-0.39, 0.29) is 48.6 Å². The number of phenols is 1. The molecule has 3 heterocycles. The van der Waals surface area contributed by atoms with Crippen LogP contribution in [0.2, 0.25) is 10.1 Å². The Morgan fingerprint density at radius 1 is 0.966 bits per heavy atom. The highest BCUT2D eigenvalue weighted by atomic mass is 35.5. The number of imide groups is 1. The van der Waals surface area contributed by atoms with Crippen LogP contribution in [0, 0.1) is 17.8 Å². The van der Waals surface area contributed by atoms with Crippen LogP contribution in [0.3, 0.4) is 0 Å². The number of fused-ring (bicyclic) bond motifs is 1. The second kappa shape index (κ2) is 17.7. The average Bonchev–Trinajstić information content (AvgIpc) is 3.83. The molecule has 1 aliphatic carbocycles. The zero-order valence-corrected chi connectivity index (χ0v) is 35.5. The van der Waals surface area contributed by atoms with Crippen molar-refractivity contribution in [1.82, 2.24) is 9.88 Å². The maximum absolute atomic E-state index is 14.3. The molecule has 58 heavy (non-hydrogen) atoms. The number of halogens is 1. The normalized spacial score (nSPS) is 19.4. The van der Waals surface area contributed by atoms with Crippen molar-refractivity contribution in [3.8, 4) is 5.75 Å². The first-order valence-electron chi connectivity index (χ1n) is 19.7. The zero-order chi connectivity index (χ0) is 41.0. The van der Waals surface area contributed by atoms with E-state index in [4.69, 9.17) is 16.0 Å². The van der Waals surface area contributed by atoms with Crippen molar-refractivity contribution in [2.24, 2.45) is 17.8 Å². The van der Waals surface area contributed by atoms with Crippen LogP contribution < -0.4 is 10.4 Å². The number of aliphatic hydroxyl groups excluding tert-OH is 2. The quantitative estimate of drug-likeness (QED) is 0.0592. The zero-order valence-electron chi connectivity index (χ0n) is 32.9. The predicted octanol–water partition coefficient (Wildman–Crippen LogP) is 7.87. The molecule has 8 nitrogen and oxygen atoms in total. The van der Waals surface area contributed by atoms with Crippen molar-refractivity contribution in [3.05, 3.63) is 153 Å². The molecule has 0 bridgehead atoms. The Morgan fingerprint density at radius 3 is 2.24 bits per heavy atom. The number of hydrogen-bond donors (Lipinski definition) is 3. The van der Waals surface area contributed by atoms with Gasteiger partial charge in [-0.3, -0.25) is 19.5 Å². The van der Waals surface area contributed by atoms with E-state index in [1.54, 1.807) is 18.3 Å². The van der Waals surface area contributed by atoms with E-state index in [1.807, 2.05) is 78.2 Å². The molecule has 3 N–H and O–H groups in total. The fourth-order valence-electron chi connectivity index (χ4n) is 8.92. The van der Waals surface area contributed by atoms with Crippen molar-refractivity contribution in [1.29, 1.82) is 0 Å². The maximum Gasteiger partial charge on any atom is 0.261 e. The van der Waals surface area contributed by atoms with Gasteiger partial charge in [0, 0.05) is 17.0 Å². The van der Waals surface area contributed by atoms with Gasteiger partial charge < -0.3 is 19.7 Å². The molecule has 5 aromatic rings. The van der Waals surface area contributed by atoms with Gasteiger partial charge >= 0.3 is 0 Å². The number of pyridine rings is 1. The fraction of sp³-hybridized carbons (Fsp3) is 0.298. The third-order valence-electron chi connectivity index (χ3n) is 11.6. The molecule has 1 fully saturated rings. The molecule has 0 radical (unpaired) electrons. The number of hydrogen-bond acceptors (Lipinski definition) is 8. The lowest BCUT2D eigenvalue weighted by Crippen LogP contribution is -2.66. The maximum atomic E-state index is 14.3. The molecule has 3 aromatic carbocycles. The van der Waals surface area contributed by atoms with E-state index in [2.05, 4.69) is 50.0 Å². The van der Waals surface area contributed by atoms with Gasteiger partial charge in [0.25, 0.3) is 8.32 Å². The number of aromatic hydroxyl groups is 1. The van der Waals surface area contributed by atoms with Gasteiger partial charge in [0.1, 0.15) is 5.75 Å². The number of amides is 2. The molecule has 0 saturated carbocycles. The Hall–Kier alpha value is -4.68. The highest BCUT2D eigenvalue weighted by Crippen LogP contribution is 2.48. The van der Waals surface area contributed by atoms with Gasteiger partial charge in [0.05, 0.1) is 48.4 Å². The summed E-state index contributed by atoms with van der Waals surface area (Å²) in [6.45, 7) is 6.45. The second-order valence-corrected chi connectivity index (χ2v) is 21.9. The minimum Gasteiger partial charge on any atom is -0.508 e. The summed E-state index contributed by atoms with van der Waals surface area (Å²) in [5, 5.41) is 37.8. The molecule has 7 rings (SSSR count). The molecule has 1 saturated heterocycles. The molecule has 0 spiro atoms. The number of aromatic nitrogens is 1. The number of phenolic OH excluding ortho intramolecular Hbond substituents is 1. The summed E-state index contributed by atoms with van der Waals surface area (Å²) in [4.78, 5) is 35.3. The third-order valence-corrected chi connectivity index (χ3v) is 17.8. The van der Waals surface area contributed by atoms with Crippen molar-refractivity contribution >= 4 is 65.1 Å². The summed E-state index contributed by atoms with van der Waals surface area (Å²) in [6, 6.07) is 34.8.